The second-order valence-corrected chi connectivity index (χ2v) is 6.64. The number of guanidine groups is 1. The highest BCUT2D eigenvalue weighted by molar-refractivity contribution is 14.0. The molecule has 154 valence electrons. The molecule has 5 nitrogen and oxygen atoms in total. The molecule has 1 aromatic rings. The van der Waals surface area contributed by atoms with E-state index < -0.39 is 18.4 Å². The first-order chi connectivity index (χ1) is 12.2. The number of benzene rings is 1. The van der Waals surface area contributed by atoms with E-state index in [1.807, 2.05) is 13.0 Å². The molecule has 0 saturated heterocycles. The van der Waals surface area contributed by atoms with Crippen LogP contribution in [0.15, 0.2) is 23.2 Å². The number of aliphatic hydroxyl groups is 1. The number of hydrogen-bond donors (Lipinski definition) is 3. The molecule has 1 fully saturated rings. The molecule has 0 unspecified atom stereocenters. The van der Waals surface area contributed by atoms with Crippen molar-refractivity contribution in [2.75, 3.05) is 19.7 Å². The van der Waals surface area contributed by atoms with E-state index >= 15 is 0 Å². The molecule has 0 aromatic heterocycles. The molecule has 2 rings (SSSR count). The Morgan fingerprint density at radius 2 is 2.00 bits per heavy atom. The number of nitrogens with one attached hydrogen (secondary N) is 2. The maximum absolute atomic E-state index is 12.4. The van der Waals surface area contributed by atoms with Crippen molar-refractivity contribution in [3.63, 3.8) is 0 Å². The third kappa shape index (κ3) is 8.12. The Morgan fingerprint density at radius 3 is 2.56 bits per heavy atom. The molecule has 3 N–H and O–H groups in total. The summed E-state index contributed by atoms with van der Waals surface area (Å²) in [5.74, 6) is 0.690. The van der Waals surface area contributed by atoms with Crippen molar-refractivity contribution in [3.8, 4) is 5.75 Å². The number of alkyl halides is 3. The van der Waals surface area contributed by atoms with Gasteiger partial charge in [-0.1, -0.05) is 12.1 Å². The van der Waals surface area contributed by atoms with Crippen molar-refractivity contribution < 1.29 is 23.0 Å². The molecule has 9 heteroatoms. The van der Waals surface area contributed by atoms with Gasteiger partial charge in [-0.05, 0) is 44.7 Å². The number of halogens is 4. The summed E-state index contributed by atoms with van der Waals surface area (Å²) in [6.07, 6.45) is -1.87. The minimum Gasteiger partial charge on any atom is -0.484 e. The molecule has 0 aliphatic heterocycles. The van der Waals surface area contributed by atoms with Crippen LogP contribution < -0.4 is 15.4 Å². The van der Waals surface area contributed by atoms with E-state index in [1.54, 1.807) is 19.1 Å². The van der Waals surface area contributed by atoms with Crippen LogP contribution in [0.5, 0.6) is 5.75 Å². The maximum Gasteiger partial charge on any atom is 0.422 e. The van der Waals surface area contributed by atoms with E-state index in [4.69, 9.17) is 4.74 Å². The number of aliphatic imine (C=N–C) groups is 1. The Labute approximate surface area is 174 Å². The van der Waals surface area contributed by atoms with E-state index in [0.29, 0.717) is 24.6 Å². The van der Waals surface area contributed by atoms with E-state index in [2.05, 4.69) is 15.6 Å². The summed E-state index contributed by atoms with van der Waals surface area (Å²) >= 11 is 0. The molecular formula is C18H27F3IN3O2. The molecule has 27 heavy (non-hydrogen) atoms. The average molecular weight is 501 g/mol. The molecular weight excluding hydrogens is 474 g/mol. The highest BCUT2D eigenvalue weighted by Gasteiger charge is 2.34. The van der Waals surface area contributed by atoms with Gasteiger partial charge in [0.15, 0.2) is 12.6 Å². The highest BCUT2D eigenvalue weighted by Crippen LogP contribution is 2.30. The molecule has 0 spiro atoms. The van der Waals surface area contributed by atoms with E-state index in [0.717, 1.165) is 24.8 Å². The second kappa shape index (κ2) is 10.4. The Kier molecular flexibility index (Phi) is 9.13. The fourth-order valence-electron chi connectivity index (χ4n) is 2.60. The van der Waals surface area contributed by atoms with Crippen LogP contribution in [0.25, 0.3) is 0 Å². The Morgan fingerprint density at radius 1 is 1.30 bits per heavy atom. The molecule has 0 radical (unpaired) electrons. The molecule has 1 aliphatic rings. The zero-order chi connectivity index (χ0) is 19.2. The average Bonchev–Trinajstić information content (AvgIpc) is 2.54. The van der Waals surface area contributed by atoms with Crippen LogP contribution in [0.2, 0.25) is 0 Å². The van der Waals surface area contributed by atoms with Gasteiger partial charge in [-0.25, -0.2) is 4.99 Å². The molecule has 0 amide bonds. The SMILES string of the molecule is CCNC(=NCc1ccc(C)cc1OCC(F)(F)F)NCC1(O)CCC1.I. The Bertz CT molecular complexity index is 635. The lowest BCUT2D eigenvalue weighted by Gasteiger charge is -2.37. The lowest BCUT2D eigenvalue weighted by atomic mass is 9.80. The van der Waals surface area contributed by atoms with Gasteiger partial charge in [0, 0.05) is 18.7 Å². The van der Waals surface area contributed by atoms with Crippen molar-refractivity contribution >= 4 is 29.9 Å². The van der Waals surface area contributed by atoms with E-state index in [1.165, 1.54) is 0 Å². The van der Waals surface area contributed by atoms with Crippen LogP contribution in [-0.2, 0) is 6.54 Å². The summed E-state index contributed by atoms with van der Waals surface area (Å²) < 4.78 is 42.3. The number of hydrogen-bond acceptors (Lipinski definition) is 3. The summed E-state index contributed by atoms with van der Waals surface area (Å²) in [4.78, 5) is 4.40. The molecule has 0 heterocycles. The lowest BCUT2D eigenvalue weighted by molar-refractivity contribution is -0.153. The normalized spacial score (nSPS) is 16.1. The second-order valence-electron chi connectivity index (χ2n) is 6.64. The summed E-state index contributed by atoms with van der Waals surface area (Å²) in [6.45, 7) is 3.57. The predicted molar refractivity (Wildman–Crippen MR) is 110 cm³/mol. The minimum absolute atomic E-state index is 0. The van der Waals surface area contributed by atoms with Gasteiger partial charge in [0.1, 0.15) is 5.75 Å². The number of ether oxygens (including phenoxy) is 1. The third-order valence-corrected chi connectivity index (χ3v) is 4.23. The van der Waals surface area contributed by atoms with Crippen molar-refractivity contribution in [1.82, 2.24) is 10.6 Å². The predicted octanol–water partition coefficient (Wildman–Crippen LogP) is 3.52. The quantitative estimate of drug-likeness (QED) is 0.304. The van der Waals surface area contributed by atoms with Gasteiger partial charge in [-0.3, -0.25) is 0 Å². The van der Waals surface area contributed by atoms with Gasteiger partial charge in [0.2, 0.25) is 0 Å². The summed E-state index contributed by atoms with van der Waals surface area (Å²) in [7, 11) is 0. The van der Waals surface area contributed by atoms with E-state index in [-0.39, 0.29) is 36.3 Å². The zero-order valence-electron chi connectivity index (χ0n) is 15.5. The number of rotatable bonds is 7. The number of aryl methyl sites for hydroxylation is 1. The van der Waals surface area contributed by atoms with Crippen LogP contribution in [0.4, 0.5) is 13.2 Å². The van der Waals surface area contributed by atoms with Crippen LogP contribution in [0.3, 0.4) is 0 Å². The van der Waals surface area contributed by atoms with Gasteiger partial charge in [0.25, 0.3) is 0 Å². The van der Waals surface area contributed by atoms with Crippen molar-refractivity contribution in [1.29, 1.82) is 0 Å². The van der Waals surface area contributed by atoms with Gasteiger partial charge in [0.05, 0.1) is 12.1 Å². The molecule has 1 aromatic carbocycles. The first-order valence-electron chi connectivity index (χ1n) is 8.74. The van der Waals surface area contributed by atoms with Crippen molar-refractivity contribution in [2.45, 2.75) is 51.4 Å². The highest BCUT2D eigenvalue weighted by atomic mass is 127. The zero-order valence-corrected chi connectivity index (χ0v) is 17.9. The summed E-state index contributed by atoms with van der Waals surface area (Å²) in [6, 6.07) is 5.10. The van der Waals surface area contributed by atoms with Crippen molar-refractivity contribution in [3.05, 3.63) is 29.3 Å². The maximum atomic E-state index is 12.4. The van der Waals surface area contributed by atoms with Crippen LogP contribution in [0, 0.1) is 6.92 Å². The summed E-state index contributed by atoms with van der Waals surface area (Å²) in [5, 5.41) is 16.3. The Balaban J connectivity index is 0.00000364. The molecule has 0 atom stereocenters. The monoisotopic (exact) mass is 501 g/mol. The lowest BCUT2D eigenvalue weighted by Crippen LogP contribution is -2.50. The number of nitrogens with zero attached hydrogens (tertiary/aromatic N) is 1. The van der Waals surface area contributed by atoms with Crippen LogP contribution in [-0.4, -0.2) is 42.5 Å². The first-order valence-corrected chi connectivity index (χ1v) is 8.74. The molecule has 0 bridgehead atoms. The molecule has 1 saturated carbocycles. The Hall–Kier alpha value is -1.23. The van der Waals surface area contributed by atoms with Crippen LogP contribution >= 0.6 is 24.0 Å². The fraction of sp³-hybridized carbons (Fsp3) is 0.611. The van der Waals surface area contributed by atoms with E-state index in [9.17, 15) is 18.3 Å². The fourth-order valence-corrected chi connectivity index (χ4v) is 2.60. The molecule has 1 aliphatic carbocycles. The van der Waals surface area contributed by atoms with Gasteiger partial charge < -0.3 is 20.5 Å². The summed E-state index contributed by atoms with van der Waals surface area (Å²) in [5.41, 5.74) is 0.688. The first kappa shape index (κ1) is 23.8. The third-order valence-electron chi connectivity index (χ3n) is 4.23. The minimum atomic E-state index is -4.39. The smallest absolute Gasteiger partial charge is 0.422 e. The largest absolute Gasteiger partial charge is 0.484 e. The standard InChI is InChI=1S/C18H26F3N3O2.HI/c1-3-22-16(24-11-17(25)7-4-8-17)23-10-14-6-5-13(2)9-15(14)26-12-18(19,20)21;/h5-6,9,25H,3-4,7-8,10-12H2,1-2H3,(H2,22,23,24);1H. The van der Waals surface area contributed by atoms with Crippen LogP contribution in [0.1, 0.15) is 37.3 Å². The van der Waals surface area contributed by atoms with Gasteiger partial charge >= 0.3 is 6.18 Å². The topological polar surface area (TPSA) is 65.9 Å². The van der Waals surface area contributed by atoms with Gasteiger partial charge in [-0.2, -0.15) is 13.2 Å². The van der Waals surface area contributed by atoms with Gasteiger partial charge in [-0.15, -0.1) is 24.0 Å². The van der Waals surface area contributed by atoms with Crippen molar-refractivity contribution in [2.24, 2.45) is 4.99 Å².